The van der Waals surface area contributed by atoms with Crippen LogP contribution in [-0.4, -0.2) is 32.4 Å². The molecule has 0 amide bonds. The molecule has 0 bridgehead atoms. The first-order valence-corrected chi connectivity index (χ1v) is 7.27. The minimum atomic E-state index is 0.183. The molecule has 1 aromatic rings. The molecule has 1 spiro atoms. The molecule has 1 atom stereocenters. The molecule has 3 heteroatoms. The monoisotopic (exact) mass is 261 g/mol. The van der Waals surface area contributed by atoms with Gasteiger partial charge in [0.05, 0.1) is 19.3 Å². The Hall–Kier alpha value is -1.06. The molecule has 104 valence electrons. The summed E-state index contributed by atoms with van der Waals surface area (Å²) in [6.45, 7) is 3.14. The van der Waals surface area contributed by atoms with Crippen LogP contribution < -0.4 is 10.1 Å². The summed E-state index contributed by atoms with van der Waals surface area (Å²) < 4.78 is 11.3. The van der Waals surface area contributed by atoms with Crippen LogP contribution >= 0.6 is 0 Å². The van der Waals surface area contributed by atoms with E-state index in [9.17, 15) is 0 Å². The third-order valence-electron chi connectivity index (χ3n) is 4.48. The number of piperidine rings is 1. The van der Waals surface area contributed by atoms with E-state index < -0.39 is 0 Å². The topological polar surface area (TPSA) is 30.5 Å². The van der Waals surface area contributed by atoms with Crippen LogP contribution in [0.2, 0.25) is 0 Å². The van der Waals surface area contributed by atoms with E-state index in [1.54, 1.807) is 7.11 Å². The molecular formula is C16H23NO2. The van der Waals surface area contributed by atoms with Gasteiger partial charge in [0.2, 0.25) is 0 Å². The molecule has 3 rings (SSSR count). The Kier molecular flexibility index (Phi) is 3.76. The standard InChI is InChI=1S/C16H23NO2/c1-18-15-4-2-13(3-5-15)10-14-11-16(19-12-14)6-8-17-9-7-16/h2-5,14,17H,6-12H2,1H3. The molecule has 2 heterocycles. The maximum absolute atomic E-state index is 6.15. The summed E-state index contributed by atoms with van der Waals surface area (Å²) in [5.41, 5.74) is 1.57. The van der Waals surface area contributed by atoms with E-state index in [-0.39, 0.29) is 5.60 Å². The molecule has 3 nitrogen and oxygen atoms in total. The SMILES string of the molecule is COc1ccc(CC2COC3(CCNCC3)C2)cc1. The fourth-order valence-corrected chi connectivity index (χ4v) is 3.40. The number of benzene rings is 1. The molecule has 0 aromatic heterocycles. The van der Waals surface area contributed by atoms with Crippen molar-refractivity contribution in [3.63, 3.8) is 0 Å². The van der Waals surface area contributed by atoms with Crippen LogP contribution in [0, 0.1) is 5.92 Å². The minimum absolute atomic E-state index is 0.183. The van der Waals surface area contributed by atoms with Gasteiger partial charge in [-0.15, -0.1) is 0 Å². The Balaban J connectivity index is 1.58. The van der Waals surface area contributed by atoms with E-state index in [0.717, 1.165) is 31.9 Å². The van der Waals surface area contributed by atoms with Crippen molar-refractivity contribution in [2.45, 2.75) is 31.3 Å². The highest BCUT2D eigenvalue weighted by atomic mass is 16.5. The van der Waals surface area contributed by atoms with Crippen molar-refractivity contribution in [1.29, 1.82) is 0 Å². The van der Waals surface area contributed by atoms with E-state index in [0.29, 0.717) is 5.92 Å². The van der Waals surface area contributed by atoms with Gasteiger partial charge < -0.3 is 14.8 Å². The number of hydrogen-bond donors (Lipinski definition) is 1. The van der Waals surface area contributed by atoms with Crippen molar-refractivity contribution in [3.8, 4) is 5.75 Å². The van der Waals surface area contributed by atoms with Crippen molar-refractivity contribution in [2.75, 3.05) is 26.8 Å². The van der Waals surface area contributed by atoms with Gasteiger partial charge in [0.25, 0.3) is 0 Å². The molecule has 1 aromatic carbocycles. The maximum Gasteiger partial charge on any atom is 0.118 e. The summed E-state index contributed by atoms with van der Waals surface area (Å²) in [4.78, 5) is 0. The number of methoxy groups -OCH3 is 1. The number of ether oxygens (including phenoxy) is 2. The van der Waals surface area contributed by atoms with E-state index in [1.807, 2.05) is 12.1 Å². The van der Waals surface area contributed by atoms with Crippen LogP contribution in [0.3, 0.4) is 0 Å². The lowest BCUT2D eigenvalue weighted by Crippen LogP contribution is -2.41. The lowest BCUT2D eigenvalue weighted by Gasteiger charge is -2.33. The third kappa shape index (κ3) is 2.93. The highest BCUT2D eigenvalue weighted by Crippen LogP contribution is 2.38. The molecule has 2 saturated heterocycles. The molecule has 2 aliphatic rings. The average Bonchev–Trinajstić information content (AvgIpc) is 2.83. The van der Waals surface area contributed by atoms with E-state index in [4.69, 9.17) is 9.47 Å². The fourth-order valence-electron chi connectivity index (χ4n) is 3.40. The number of nitrogens with one attached hydrogen (secondary N) is 1. The van der Waals surface area contributed by atoms with Gasteiger partial charge >= 0.3 is 0 Å². The van der Waals surface area contributed by atoms with E-state index >= 15 is 0 Å². The normalized spacial score (nSPS) is 25.6. The predicted octanol–water partition coefficient (Wildman–Crippen LogP) is 2.40. The quantitative estimate of drug-likeness (QED) is 0.906. The van der Waals surface area contributed by atoms with Crippen LogP contribution in [-0.2, 0) is 11.2 Å². The summed E-state index contributed by atoms with van der Waals surface area (Å²) in [7, 11) is 1.71. The Morgan fingerprint density at radius 2 is 2.00 bits per heavy atom. The van der Waals surface area contributed by atoms with Gasteiger partial charge in [-0.3, -0.25) is 0 Å². The second-order valence-corrected chi connectivity index (χ2v) is 5.87. The van der Waals surface area contributed by atoms with E-state index in [1.165, 1.54) is 24.8 Å². The highest BCUT2D eigenvalue weighted by Gasteiger charge is 2.40. The van der Waals surface area contributed by atoms with Gasteiger partial charge in [-0.05, 0) is 62.4 Å². The van der Waals surface area contributed by atoms with Gasteiger partial charge in [-0.2, -0.15) is 0 Å². The Bertz CT molecular complexity index is 409. The number of hydrogen-bond acceptors (Lipinski definition) is 3. The molecule has 2 aliphatic heterocycles. The lowest BCUT2D eigenvalue weighted by molar-refractivity contribution is -0.0196. The summed E-state index contributed by atoms with van der Waals surface area (Å²) in [6, 6.07) is 8.44. The maximum atomic E-state index is 6.15. The summed E-state index contributed by atoms with van der Waals surface area (Å²) in [5.74, 6) is 1.60. The second kappa shape index (κ2) is 5.51. The smallest absolute Gasteiger partial charge is 0.118 e. The molecule has 0 radical (unpaired) electrons. The molecule has 0 saturated carbocycles. The van der Waals surface area contributed by atoms with Crippen LogP contribution in [0.4, 0.5) is 0 Å². The first kappa shape index (κ1) is 12.9. The summed E-state index contributed by atoms with van der Waals surface area (Å²) in [6.07, 6.45) is 4.69. The van der Waals surface area contributed by atoms with Crippen LogP contribution in [0.15, 0.2) is 24.3 Å². The zero-order valence-electron chi connectivity index (χ0n) is 11.7. The van der Waals surface area contributed by atoms with Crippen molar-refractivity contribution in [1.82, 2.24) is 5.32 Å². The van der Waals surface area contributed by atoms with Crippen LogP contribution in [0.5, 0.6) is 5.75 Å². The Morgan fingerprint density at radius 1 is 1.26 bits per heavy atom. The van der Waals surface area contributed by atoms with Crippen molar-refractivity contribution in [2.24, 2.45) is 5.92 Å². The van der Waals surface area contributed by atoms with Gasteiger partial charge in [0.15, 0.2) is 0 Å². The van der Waals surface area contributed by atoms with Crippen molar-refractivity contribution < 1.29 is 9.47 Å². The second-order valence-electron chi connectivity index (χ2n) is 5.87. The number of rotatable bonds is 3. The van der Waals surface area contributed by atoms with Gasteiger partial charge in [0.1, 0.15) is 5.75 Å². The molecule has 1 N–H and O–H groups in total. The van der Waals surface area contributed by atoms with Crippen molar-refractivity contribution in [3.05, 3.63) is 29.8 Å². The van der Waals surface area contributed by atoms with Crippen LogP contribution in [0.1, 0.15) is 24.8 Å². The zero-order chi connectivity index (χ0) is 13.1. The van der Waals surface area contributed by atoms with Gasteiger partial charge in [0, 0.05) is 0 Å². The van der Waals surface area contributed by atoms with Gasteiger partial charge in [-0.25, -0.2) is 0 Å². The Labute approximate surface area is 115 Å². The fraction of sp³-hybridized carbons (Fsp3) is 0.625. The third-order valence-corrected chi connectivity index (χ3v) is 4.48. The molecular weight excluding hydrogens is 238 g/mol. The van der Waals surface area contributed by atoms with E-state index in [2.05, 4.69) is 17.4 Å². The summed E-state index contributed by atoms with van der Waals surface area (Å²) >= 11 is 0. The zero-order valence-corrected chi connectivity index (χ0v) is 11.7. The average molecular weight is 261 g/mol. The molecule has 2 fully saturated rings. The summed E-state index contributed by atoms with van der Waals surface area (Å²) in [5, 5.41) is 3.42. The molecule has 0 aliphatic carbocycles. The minimum Gasteiger partial charge on any atom is -0.497 e. The largest absolute Gasteiger partial charge is 0.497 e. The van der Waals surface area contributed by atoms with Crippen molar-refractivity contribution >= 4 is 0 Å². The first-order chi connectivity index (χ1) is 9.30. The van der Waals surface area contributed by atoms with Gasteiger partial charge in [-0.1, -0.05) is 12.1 Å². The van der Waals surface area contributed by atoms with Crippen LogP contribution in [0.25, 0.3) is 0 Å². The predicted molar refractivity (Wildman–Crippen MR) is 75.6 cm³/mol. The molecule has 1 unspecified atom stereocenters. The Morgan fingerprint density at radius 3 is 2.68 bits per heavy atom. The lowest BCUT2D eigenvalue weighted by atomic mass is 9.84. The first-order valence-electron chi connectivity index (χ1n) is 7.27. The molecule has 19 heavy (non-hydrogen) atoms. The highest BCUT2D eigenvalue weighted by molar-refractivity contribution is 5.27.